The minimum atomic E-state index is -0.982. The summed E-state index contributed by atoms with van der Waals surface area (Å²) in [5, 5.41) is 9.58. The third kappa shape index (κ3) is 2.40. The van der Waals surface area contributed by atoms with Gasteiger partial charge in [0.1, 0.15) is 11.5 Å². The van der Waals surface area contributed by atoms with Gasteiger partial charge in [-0.15, -0.1) is 0 Å². The Morgan fingerprint density at radius 1 is 1.32 bits per heavy atom. The van der Waals surface area contributed by atoms with Crippen LogP contribution in [0.3, 0.4) is 0 Å². The van der Waals surface area contributed by atoms with Crippen LogP contribution in [0.25, 0.3) is 17.0 Å². The minimum Gasteiger partial charge on any atom is -0.497 e. The first-order valence-electron chi connectivity index (χ1n) is 5.69. The fraction of sp³-hybridized carbons (Fsp3) is 0.214. The summed E-state index contributed by atoms with van der Waals surface area (Å²) in [5.41, 5.74) is 1.71. The third-order valence-electron chi connectivity index (χ3n) is 2.92. The van der Waals surface area contributed by atoms with Crippen LogP contribution in [0, 0.1) is 0 Å². The van der Waals surface area contributed by atoms with E-state index in [2.05, 4.69) is 0 Å². The first-order valence-corrected chi connectivity index (χ1v) is 5.69. The third-order valence-corrected chi connectivity index (χ3v) is 2.92. The molecule has 0 radical (unpaired) electrons. The predicted octanol–water partition coefficient (Wildman–Crippen LogP) is 2.29. The Bertz CT molecular complexity index is 655. The lowest BCUT2D eigenvalue weighted by molar-refractivity contribution is -0.131. The van der Waals surface area contributed by atoms with Crippen molar-refractivity contribution >= 4 is 22.9 Å². The number of nitrogens with zero attached hydrogens (tertiary/aromatic N) is 1. The molecule has 1 aromatic heterocycles. The van der Waals surface area contributed by atoms with Crippen molar-refractivity contribution in [2.45, 2.75) is 0 Å². The SMILES string of the molecule is COc1cc(OC)c2c(/C=C/C(=O)O)cn(C)c2c1. The highest BCUT2D eigenvalue weighted by molar-refractivity contribution is 5.98. The van der Waals surface area contributed by atoms with Crippen molar-refractivity contribution in [2.75, 3.05) is 14.2 Å². The van der Waals surface area contributed by atoms with Crippen LogP contribution in [0.1, 0.15) is 5.56 Å². The van der Waals surface area contributed by atoms with Crippen LogP contribution in [0.15, 0.2) is 24.4 Å². The summed E-state index contributed by atoms with van der Waals surface area (Å²) >= 11 is 0. The number of aromatic nitrogens is 1. The molecule has 100 valence electrons. The normalized spacial score (nSPS) is 11.1. The molecule has 0 fully saturated rings. The molecule has 0 saturated carbocycles. The van der Waals surface area contributed by atoms with Crippen LogP contribution in [0.2, 0.25) is 0 Å². The van der Waals surface area contributed by atoms with E-state index in [1.807, 2.05) is 23.9 Å². The predicted molar refractivity (Wildman–Crippen MR) is 72.7 cm³/mol. The Balaban J connectivity index is 2.70. The molecule has 0 aliphatic carbocycles. The maximum Gasteiger partial charge on any atom is 0.328 e. The Kier molecular flexibility index (Phi) is 3.46. The van der Waals surface area contributed by atoms with E-state index >= 15 is 0 Å². The monoisotopic (exact) mass is 261 g/mol. The maximum atomic E-state index is 10.6. The van der Waals surface area contributed by atoms with Crippen molar-refractivity contribution in [3.8, 4) is 11.5 Å². The molecule has 19 heavy (non-hydrogen) atoms. The summed E-state index contributed by atoms with van der Waals surface area (Å²) in [7, 11) is 5.06. The summed E-state index contributed by atoms with van der Waals surface area (Å²) in [5.74, 6) is 0.365. The van der Waals surface area contributed by atoms with Crippen molar-refractivity contribution in [3.05, 3.63) is 30.0 Å². The molecule has 0 amide bonds. The maximum absolute atomic E-state index is 10.6. The van der Waals surface area contributed by atoms with E-state index in [4.69, 9.17) is 14.6 Å². The lowest BCUT2D eigenvalue weighted by Gasteiger charge is -2.07. The average molecular weight is 261 g/mol. The van der Waals surface area contributed by atoms with Gasteiger partial charge in [-0.25, -0.2) is 4.79 Å². The largest absolute Gasteiger partial charge is 0.497 e. The van der Waals surface area contributed by atoms with Gasteiger partial charge in [0.05, 0.1) is 19.7 Å². The molecule has 0 unspecified atom stereocenters. The van der Waals surface area contributed by atoms with Gasteiger partial charge in [-0.2, -0.15) is 0 Å². The van der Waals surface area contributed by atoms with Crippen LogP contribution in [-0.2, 0) is 11.8 Å². The van der Waals surface area contributed by atoms with Gasteiger partial charge in [0.25, 0.3) is 0 Å². The van der Waals surface area contributed by atoms with Gasteiger partial charge in [0.2, 0.25) is 0 Å². The standard InChI is InChI=1S/C14H15NO4/c1-15-8-9(4-5-13(16)17)14-11(15)6-10(18-2)7-12(14)19-3/h4-8H,1-3H3,(H,16,17)/b5-4+. The van der Waals surface area contributed by atoms with Crippen LogP contribution >= 0.6 is 0 Å². The average Bonchev–Trinajstić information content (AvgIpc) is 2.72. The van der Waals surface area contributed by atoms with Crippen molar-refractivity contribution < 1.29 is 19.4 Å². The minimum absolute atomic E-state index is 0.653. The van der Waals surface area contributed by atoms with Crippen LogP contribution in [-0.4, -0.2) is 29.9 Å². The smallest absolute Gasteiger partial charge is 0.328 e. The zero-order valence-corrected chi connectivity index (χ0v) is 11.0. The van der Waals surface area contributed by atoms with E-state index in [9.17, 15) is 4.79 Å². The molecule has 2 rings (SSSR count). The number of carboxylic acids is 1. The molecule has 0 atom stereocenters. The number of aryl methyl sites for hydroxylation is 1. The fourth-order valence-electron chi connectivity index (χ4n) is 2.05. The van der Waals surface area contributed by atoms with Crippen molar-refractivity contribution in [3.63, 3.8) is 0 Å². The molecular formula is C14H15NO4. The molecule has 1 heterocycles. The molecule has 0 bridgehead atoms. The summed E-state index contributed by atoms with van der Waals surface area (Å²) in [6.07, 6.45) is 4.52. The van der Waals surface area contributed by atoms with E-state index < -0.39 is 5.97 Å². The lowest BCUT2D eigenvalue weighted by atomic mass is 10.1. The summed E-state index contributed by atoms with van der Waals surface area (Å²) < 4.78 is 12.5. The summed E-state index contributed by atoms with van der Waals surface area (Å²) in [6, 6.07) is 3.66. The van der Waals surface area contributed by atoms with Gasteiger partial charge < -0.3 is 19.1 Å². The molecule has 0 aliphatic heterocycles. The molecule has 2 aromatic rings. The highest BCUT2D eigenvalue weighted by Gasteiger charge is 2.12. The second-order valence-electron chi connectivity index (χ2n) is 4.09. The molecule has 5 nitrogen and oxygen atoms in total. The van der Waals surface area contributed by atoms with E-state index in [0.717, 1.165) is 22.5 Å². The molecule has 0 spiro atoms. The zero-order chi connectivity index (χ0) is 14.0. The van der Waals surface area contributed by atoms with Crippen molar-refractivity contribution in [1.29, 1.82) is 0 Å². The molecule has 0 saturated heterocycles. The van der Waals surface area contributed by atoms with Crippen molar-refractivity contribution in [2.24, 2.45) is 7.05 Å². The Morgan fingerprint density at radius 3 is 2.63 bits per heavy atom. The van der Waals surface area contributed by atoms with Gasteiger partial charge in [-0.1, -0.05) is 0 Å². The number of ether oxygens (including phenoxy) is 2. The molecule has 1 aromatic carbocycles. The van der Waals surface area contributed by atoms with E-state index in [1.54, 1.807) is 26.4 Å². The highest BCUT2D eigenvalue weighted by atomic mass is 16.5. The van der Waals surface area contributed by atoms with Gasteiger partial charge >= 0.3 is 5.97 Å². The van der Waals surface area contributed by atoms with Gasteiger partial charge in [-0.3, -0.25) is 0 Å². The Labute approximate surface area is 110 Å². The second kappa shape index (κ2) is 5.06. The van der Waals surface area contributed by atoms with E-state index in [0.29, 0.717) is 11.5 Å². The first-order chi connectivity index (χ1) is 9.06. The highest BCUT2D eigenvalue weighted by Crippen LogP contribution is 2.35. The number of aliphatic carboxylic acids is 1. The zero-order valence-electron chi connectivity index (χ0n) is 11.0. The van der Waals surface area contributed by atoms with E-state index in [-0.39, 0.29) is 0 Å². The van der Waals surface area contributed by atoms with Gasteiger partial charge in [0.15, 0.2) is 0 Å². The number of fused-ring (bicyclic) bond motifs is 1. The first kappa shape index (κ1) is 13.0. The summed E-state index contributed by atoms with van der Waals surface area (Å²) in [4.78, 5) is 10.6. The van der Waals surface area contributed by atoms with Crippen LogP contribution in [0.5, 0.6) is 11.5 Å². The lowest BCUT2D eigenvalue weighted by Crippen LogP contribution is -1.90. The number of rotatable bonds is 4. The van der Waals surface area contributed by atoms with Crippen LogP contribution < -0.4 is 9.47 Å². The number of carboxylic acid groups (broad SMARTS) is 1. The second-order valence-corrected chi connectivity index (χ2v) is 4.09. The number of hydrogen-bond acceptors (Lipinski definition) is 3. The molecule has 0 aliphatic rings. The molecule has 5 heteroatoms. The Hall–Kier alpha value is -2.43. The quantitative estimate of drug-likeness (QED) is 0.858. The topological polar surface area (TPSA) is 60.7 Å². The number of methoxy groups -OCH3 is 2. The van der Waals surface area contributed by atoms with Crippen molar-refractivity contribution in [1.82, 2.24) is 4.57 Å². The molecule has 1 N–H and O–H groups in total. The number of carbonyl (C=O) groups is 1. The van der Waals surface area contributed by atoms with Gasteiger partial charge in [-0.05, 0) is 6.08 Å². The van der Waals surface area contributed by atoms with Gasteiger partial charge in [0, 0.05) is 42.4 Å². The van der Waals surface area contributed by atoms with E-state index in [1.165, 1.54) is 0 Å². The number of benzene rings is 1. The summed E-state index contributed by atoms with van der Waals surface area (Å²) in [6.45, 7) is 0. The number of hydrogen-bond donors (Lipinski definition) is 1. The Morgan fingerprint density at radius 2 is 2.05 bits per heavy atom. The fourth-order valence-corrected chi connectivity index (χ4v) is 2.05. The molecular weight excluding hydrogens is 246 g/mol. The van der Waals surface area contributed by atoms with Crippen LogP contribution in [0.4, 0.5) is 0 Å².